The van der Waals surface area contributed by atoms with Gasteiger partial charge in [-0.2, -0.15) is 0 Å². The van der Waals surface area contributed by atoms with Crippen LogP contribution in [0.2, 0.25) is 0 Å². The van der Waals surface area contributed by atoms with Gasteiger partial charge in [0.1, 0.15) is 5.75 Å². The van der Waals surface area contributed by atoms with E-state index >= 15 is 0 Å². The van der Waals surface area contributed by atoms with Crippen molar-refractivity contribution in [1.82, 2.24) is 0 Å². The lowest BCUT2D eigenvalue weighted by Gasteiger charge is -2.10. The van der Waals surface area contributed by atoms with Gasteiger partial charge in [0.2, 0.25) is 0 Å². The molecule has 104 valence electrons. The number of nitro groups is 1. The molecule has 0 radical (unpaired) electrons. The third-order valence-electron chi connectivity index (χ3n) is 3.12. The summed E-state index contributed by atoms with van der Waals surface area (Å²) < 4.78 is 0. The molecule has 0 aliphatic carbocycles. The van der Waals surface area contributed by atoms with Crippen molar-refractivity contribution in [2.24, 2.45) is 5.92 Å². The zero-order valence-electron chi connectivity index (χ0n) is 11.5. The predicted octanol–water partition coefficient (Wildman–Crippen LogP) is 4.17. The second-order valence-corrected chi connectivity index (χ2v) is 5.22. The molecule has 20 heavy (non-hydrogen) atoms. The third kappa shape index (κ3) is 2.96. The maximum atomic E-state index is 11.1. The van der Waals surface area contributed by atoms with E-state index in [1.165, 1.54) is 6.07 Å². The number of hydrogen-bond acceptors (Lipinski definition) is 3. The number of aromatic hydroxyl groups is 1. The molecule has 0 unspecified atom stereocenters. The minimum atomic E-state index is -0.385. The summed E-state index contributed by atoms with van der Waals surface area (Å²) >= 11 is 0. The minimum Gasteiger partial charge on any atom is -0.508 e. The lowest BCUT2D eigenvalue weighted by molar-refractivity contribution is -0.384. The van der Waals surface area contributed by atoms with Crippen LogP contribution in [0, 0.1) is 16.0 Å². The normalized spacial score (nSPS) is 10.8. The number of para-hydroxylation sites is 1. The zero-order valence-corrected chi connectivity index (χ0v) is 11.5. The molecule has 0 aliphatic rings. The SMILES string of the molecule is CC(C)Cc1cc(-c2ccccc2[N+](=O)[O-])ccc1O. The molecular weight excluding hydrogens is 254 g/mol. The van der Waals surface area contributed by atoms with Crippen molar-refractivity contribution in [2.75, 3.05) is 0 Å². The van der Waals surface area contributed by atoms with Crippen molar-refractivity contribution in [1.29, 1.82) is 0 Å². The van der Waals surface area contributed by atoms with Gasteiger partial charge in [-0.3, -0.25) is 10.1 Å². The number of nitrogens with zero attached hydrogens (tertiary/aromatic N) is 1. The summed E-state index contributed by atoms with van der Waals surface area (Å²) in [5.74, 6) is 0.642. The van der Waals surface area contributed by atoms with Crippen molar-refractivity contribution in [3.63, 3.8) is 0 Å². The first-order valence-corrected chi connectivity index (χ1v) is 6.54. The van der Waals surface area contributed by atoms with Crippen molar-refractivity contribution >= 4 is 5.69 Å². The van der Waals surface area contributed by atoms with Gasteiger partial charge in [0.25, 0.3) is 5.69 Å². The highest BCUT2D eigenvalue weighted by molar-refractivity contribution is 5.74. The maximum absolute atomic E-state index is 11.1. The van der Waals surface area contributed by atoms with Gasteiger partial charge in [0, 0.05) is 6.07 Å². The lowest BCUT2D eigenvalue weighted by atomic mass is 9.96. The van der Waals surface area contributed by atoms with Crippen LogP contribution >= 0.6 is 0 Å². The van der Waals surface area contributed by atoms with Crippen LogP contribution in [0.5, 0.6) is 5.75 Å². The van der Waals surface area contributed by atoms with E-state index in [0.717, 1.165) is 17.5 Å². The second kappa shape index (κ2) is 5.74. The summed E-state index contributed by atoms with van der Waals surface area (Å²) in [6.45, 7) is 4.13. The summed E-state index contributed by atoms with van der Waals surface area (Å²) in [4.78, 5) is 10.7. The Hall–Kier alpha value is -2.36. The van der Waals surface area contributed by atoms with Crippen LogP contribution in [-0.4, -0.2) is 10.0 Å². The Balaban J connectivity index is 2.51. The first-order chi connectivity index (χ1) is 9.49. The highest BCUT2D eigenvalue weighted by Gasteiger charge is 2.15. The number of benzene rings is 2. The molecule has 0 bridgehead atoms. The molecule has 2 rings (SSSR count). The van der Waals surface area contributed by atoms with Gasteiger partial charge in [-0.05, 0) is 41.7 Å². The standard InChI is InChI=1S/C16H17NO3/c1-11(2)9-13-10-12(7-8-16(13)18)14-5-3-4-6-15(14)17(19)20/h3-8,10-11,18H,9H2,1-2H3. The van der Waals surface area contributed by atoms with Gasteiger partial charge in [-0.25, -0.2) is 0 Å². The number of rotatable bonds is 4. The summed E-state index contributed by atoms with van der Waals surface area (Å²) in [6, 6.07) is 11.8. The minimum absolute atomic E-state index is 0.0775. The van der Waals surface area contributed by atoms with E-state index in [2.05, 4.69) is 13.8 Å². The van der Waals surface area contributed by atoms with Crippen LogP contribution in [0.1, 0.15) is 19.4 Å². The van der Waals surface area contributed by atoms with E-state index in [1.54, 1.807) is 30.3 Å². The van der Waals surface area contributed by atoms with Crippen LogP contribution in [0.25, 0.3) is 11.1 Å². The second-order valence-electron chi connectivity index (χ2n) is 5.22. The highest BCUT2D eigenvalue weighted by atomic mass is 16.6. The Labute approximate surface area is 117 Å². The quantitative estimate of drug-likeness (QED) is 0.670. The first-order valence-electron chi connectivity index (χ1n) is 6.54. The fourth-order valence-corrected chi connectivity index (χ4v) is 2.23. The number of phenols is 1. The van der Waals surface area contributed by atoms with E-state index in [-0.39, 0.29) is 16.4 Å². The van der Waals surface area contributed by atoms with Crippen molar-refractivity contribution in [3.8, 4) is 16.9 Å². The average Bonchev–Trinajstić information content (AvgIpc) is 2.40. The monoisotopic (exact) mass is 271 g/mol. The largest absolute Gasteiger partial charge is 0.508 e. The average molecular weight is 271 g/mol. The van der Waals surface area contributed by atoms with Gasteiger partial charge < -0.3 is 5.11 Å². The number of hydrogen-bond donors (Lipinski definition) is 1. The topological polar surface area (TPSA) is 63.4 Å². The summed E-state index contributed by atoms with van der Waals surface area (Å²) in [5, 5.41) is 21.0. The highest BCUT2D eigenvalue weighted by Crippen LogP contribution is 2.33. The van der Waals surface area contributed by atoms with Gasteiger partial charge in [0.05, 0.1) is 10.5 Å². The molecule has 0 saturated carbocycles. The Morgan fingerprint density at radius 1 is 1.20 bits per heavy atom. The molecule has 0 fully saturated rings. The molecule has 0 spiro atoms. The Morgan fingerprint density at radius 3 is 2.55 bits per heavy atom. The van der Waals surface area contributed by atoms with Gasteiger partial charge in [-0.1, -0.05) is 32.0 Å². The molecule has 4 heteroatoms. The van der Waals surface area contributed by atoms with E-state index in [1.807, 2.05) is 6.07 Å². The molecule has 1 N–H and O–H groups in total. The van der Waals surface area contributed by atoms with Crippen LogP contribution in [0.4, 0.5) is 5.69 Å². The molecule has 0 heterocycles. The zero-order chi connectivity index (χ0) is 14.7. The molecule has 0 saturated heterocycles. The summed E-state index contributed by atoms with van der Waals surface area (Å²) in [6.07, 6.45) is 0.736. The number of phenolic OH excluding ortho intramolecular Hbond substituents is 1. The Morgan fingerprint density at radius 2 is 1.90 bits per heavy atom. The van der Waals surface area contributed by atoms with Gasteiger partial charge >= 0.3 is 0 Å². The molecule has 0 aliphatic heterocycles. The number of nitro benzene ring substituents is 1. The lowest BCUT2D eigenvalue weighted by Crippen LogP contribution is -1.96. The fraction of sp³-hybridized carbons (Fsp3) is 0.250. The van der Waals surface area contributed by atoms with Crippen LogP contribution < -0.4 is 0 Å². The van der Waals surface area contributed by atoms with E-state index < -0.39 is 0 Å². The molecular formula is C16H17NO3. The third-order valence-corrected chi connectivity index (χ3v) is 3.12. The fourth-order valence-electron chi connectivity index (χ4n) is 2.23. The van der Waals surface area contributed by atoms with Crippen molar-refractivity contribution in [3.05, 3.63) is 58.1 Å². The molecule has 0 amide bonds. The van der Waals surface area contributed by atoms with E-state index in [0.29, 0.717) is 11.5 Å². The molecule has 2 aromatic rings. The predicted molar refractivity (Wildman–Crippen MR) is 78.7 cm³/mol. The maximum Gasteiger partial charge on any atom is 0.277 e. The Kier molecular flexibility index (Phi) is 4.03. The van der Waals surface area contributed by atoms with Crippen molar-refractivity contribution < 1.29 is 10.0 Å². The van der Waals surface area contributed by atoms with Crippen LogP contribution in [0.15, 0.2) is 42.5 Å². The van der Waals surface area contributed by atoms with E-state index in [4.69, 9.17) is 0 Å². The van der Waals surface area contributed by atoms with Gasteiger partial charge in [-0.15, -0.1) is 0 Å². The first kappa shape index (κ1) is 14.1. The molecule has 2 aromatic carbocycles. The molecule has 4 nitrogen and oxygen atoms in total. The van der Waals surface area contributed by atoms with Crippen molar-refractivity contribution in [2.45, 2.75) is 20.3 Å². The van der Waals surface area contributed by atoms with Gasteiger partial charge in [0.15, 0.2) is 0 Å². The van der Waals surface area contributed by atoms with Crippen LogP contribution in [0.3, 0.4) is 0 Å². The molecule has 0 atom stereocenters. The Bertz CT molecular complexity index is 635. The van der Waals surface area contributed by atoms with Crippen LogP contribution in [-0.2, 0) is 6.42 Å². The summed E-state index contributed by atoms with van der Waals surface area (Å²) in [7, 11) is 0. The molecule has 0 aromatic heterocycles. The summed E-state index contributed by atoms with van der Waals surface area (Å²) in [5.41, 5.74) is 2.22. The van der Waals surface area contributed by atoms with E-state index in [9.17, 15) is 15.2 Å². The smallest absolute Gasteiger partial charge is 0.277 e.